The fourth-order valence-electron chi connectivity index (χ4n) is 2.63. The summed E-state index contributed by atoms with van der Waals surface area (Å²) < 4.78 is 30.3. The van der Waals surface area contributed by atoms with Crippen molar-refractivity contribution in [1.82, 2.24) is 9.21 Å². The number of methoxy groups -OCH3 is 1. The highest BCUT2D eigenvalue weighted by Crippen LogP contribution is 2.24. The van der Waals surface area contributed by atoms with E-state index in [0.29, 0.717) is 12.1 Å². The number of hydrogen-bond donors (Lipinski definition) is 0. The second kappa shape index (κ2) is 8.33. The summed E-state index contributed by atoms with van der Waals surface area (Å²) >= 11 is 0. The predicted octanol–water partition coefficient (Wildman–Crippen LogP) is 2.29. The quantitative estimate of drug-likeness (QED) is 0.744. The van der Waals surface area contributed by atoms with E-state index in [4.69, 9.17) is 4.74 Å². The molecule has 0 aromatic heterocycles. The molecular weight excluding hydrogens is 352 g/mol. The summed E-state index contributed by atoms with van der Waals surface area (Å²) in [5.41, 5.74) is 1.56. The van der Waals surface area contributed by atoms with Gasteiger partial charge in [-0.1, -0.05) is 42.5 Å². The highest BCUT2D eigenvalue weighted by Gasteiger charge is 2.32. The van der Waals surface area contributed by atoms with Crippen LogP contribution in [0.3, 0.4) is 0 Å². The van der Waals surface area contributed by atoms with Gasteiger partial charge in [0.05, 0.1) is 13.4 Å². The molecule has 140 valence electrons. The Hall–Kier alpha value is -2.38. The average molecular weight is 376 g/mol. The van der Waals surface area contributed by atoms with Crippen molar-refractivity contribution >= 4 is 15.9 Å². The number of nitrogens with zero attached hydrogens (tertiary/aromatic N) is 2. The van der Waals surface area contributed by atoms with Crippen molar-refractivity contribution in [3.63, 3.8) is 0 Å². The van der Waals surface area contributed by atoms with Crippen LogP contribution in [0.1, 0.15) is 17.2 Å². The molecule has 0 saturated carbocycles. The van der Waals surface area contributed by atoms with Crippen LogP contribution in [0.5, 0.6) is 5.75 Å². The van der Waals surface area contributed by atoms with Crippen LogP contribution in [0, 0.1) is 0 Å². The molecule has 1 atom stereocenters. The summed E-state index contributed by atoms with van der Waals surface area (Å²) in [4.78, 5) is 14.6. The third-order valence-electron chi connectivity index (χ3n) is 4.19. The molecule has 0 aliphatic heterocycles. The first-order valence-corrected chi connectivity index (χ1v) is 9.94. The SMILES string of the molecule is COc1ccc(CN(C)C(=O)C(c2ccccc2)N(C)S(C)(=O)=O)cc1. The summed E-state index contributed by atoms with van der Waals surface area (Å²) in [6, 6.07) is 15.4. The number of ether oxygens (including phenoxy) is 1. The number of benzene rings is 2. The Morgan fingerprint density at radius 1 is 1.04 bits per heavy atom. The van der Waals surface area contributed by atoms with Gasteiger partial charge < -0.3 is 9.64 Å². The van der Waals surface area contributed by atoms with Crippen molar-refractivity contribution in [3.05, 3.63) is 65.7 Å². The molecule has 0 N–H and O–H groups in total. The number of amides is 1. The van der Waals surface area contributed by atoms with Gasteiger partial charge in [0.2, 0.25) is 15.9 Å². The van der Waals surface area contributed by atoms with E-state index in [9.17, 15) is 13.2 Å². The van der Waals surface area contributed by atoms with Crippen LogP contribution in [0.4, 0.5) is 0 Å². The molecule has 0 bridgehead atoms. The molecule has 6 nitrogen and oxygen atoms in total. The fraction of sp³-hybridized carbons (Fsp3) is 0.316. The highest BCUT2D eigenvalue weighted by molar-refractivity contribution is 7.88. The predicted molar refractivity (Wildman–Crippen MR) is 101 cm³/mol. The number of sulfonamides is 1. The topological polar surface area (TPSA) is 66.9 Å². The number of carbonyl (C=O) groups is 1. The van der Waals surface area contributed by atoms with Gasteiger partial charge in [-0.2, -0.15) is 4.31 Å². The summed E-state index contributed by atoms with van der Waals surface area (Å²) in [7, 11) is 1.14. The maximum absolute atomic E-state index is 13.1. The molecule has 0 fully saturated rings. The Morgan fingerprint density at radius 3 is 2.12 bits per heavy atom. The van der Waals surface area contributed by atoms with Crippen LogP contribution in [0.25, 0.3) is 0 Å². The Balaban J connectivity index is 2.27. The van der Waals surface area contributed by atoms with Crippen LogP contribution in [0.15, 0.2) is 54.6 Å². The zero-order valence-electron chi connectivity index (χ0n) is 15.4. The van der Waals surface area contributed by atoms with Gasteiger partial charge in [0.1, 0.15) is 11.8 Å². The molecule has 2 rings (SSSR count). The highest BCUT2D eigenvalue weighted by atomic mass is 32.2. The molecular formula is C19H24N2O4S. The van der Waals surface area contributed by atoms with Gasteiger partial charge in [0.25, 0.3) is 0 Å². The lowest BCUT2D eigenvalue weighted by Gasteiger charge is -2.29. The largest absolute Gasteiger partial charge is 0.497 e. The first kappa shape index (κ1) is 19.9. The van der Waals surface area contributed by atoms with Crippen molar-refractivity contribution in [1.29, 1.82) is 0 Å². The van der Waals surface area contributed by atoms with Crippen LogP contribution in [-0.4, -0.2) is 51.0 Å². The molecule has 0 spiro atoms. The van der Waals surface area contributed by atoms with Gasteiger partial charge in [0.15, 0.2) is 0 Å². The lowest BCUT2D eigenvalue weighted by molar-refractivity contribution is -0.134. The lowest BCUT2D eigenvalue weighted by atomic mass is 10.1. The molecule has 0 heterocycles. The van der Waals surface area contributed by atoms with Gasteiger partial charge in [-0.15, -0.1) is 0 Å². The van der Waals surface area contributed by atoms with Crippen molar-refractivity contribution in [2.45, 2.75) is 12.6 Å². The summed E-state index contributed by atoms with van der Waals surface area (Å²) in [5.74, 6) is 0.446. The molecule has 0 saturated heterocycles. The van der Waals surface area contributed by atoms with Crippen molar-refractivity contribution < 1.29 is 17.9 Å². The van der Waals surface area contributed by atoms with Gasteiger partial charge in [-0.3, -0.25) is 4.79 Å². The Morgan fingerprint density at radius 2 is 1.62 bits per heavy atom. The zero-order chi connectivity index (χ0) is 19.3. The van der Waals surface area contributed by atoms with Gasteiger partial charge in [-0.25, -0.2) is 8.42 Å². The normalized spacial score (nSPS) is 12.7. The van der Waals surface area contributed by atoms with E-state index in [0.717, 1.165) is 21.9 Å². The van der Waals surface area contributed by atoms with E-state index < -0.39 is 16.1 Å². The van der Waals surface area contributed by atoms with E-state index in [1.807, 2.05) is 30.3 Å². The minimum atomic E-state index is -3.54. The molecule has 0 aliphatic carbocycles. The summed E-state index contributed by atoms with van der Waals surface area (Å²) in [6.45, 7) is 0.365. The van der Waals surface area contributed by atoms with E-state index >= 15 is 0 Å². The standard InChI is InChI=1S/C19H24N2O4S/c1-20(14-15-10-12-17(25-3)13-11-15)19(22)18(21(2)26(4,23)24)16-8-6-5-7-9-16/h5-13,18H,14H2,1-4H3. The number of likely N-dealkylation sites (N-methyl/N-ethyl adjacent to an activating group) is 2. The first-order valence-electron chi connectivity index (χ1n) is 8.10. The first-order chi connectivity index (χ1) is 12.2. The van der Waals surface area contributed by atoms with E-state index in [2.05, 4.69) is 0 Å². The molecule has 1 unspecified atom stereocenters. The monoisotopic (exact) mass is 376 g/mol. The van der Waals surface area contributed by atoms with E-state index in [-0.39, 0.29) is 5.91 Å². The second-order valence-corrected chi connectivity index (χ2v) is 8.18. The number of carbonyl (C=O) groups excluding carboxylic acids is 1. The molecule has 2 aromatic carbocycles. The number of hydrogen-bond acceptors (Lipinski definition) is 4. The molecule has 7 heteroatoms. The van der Waals surface area contributed by atoms with Crippen molar-refractivity contribution in [3.8, 4) is 5.75 Å². The summed E-state index contributed by atoms with van der Waals surface area (Å²) in [6.07, 6.45) is 1.10. The smallest absolute Gasteiger partial charge is 0.245 e. The molecule has 2 aromatic rings. The third-order valence-corrected chi connectivity index (χ3v) is 5.45. The fourth-order valence-corrected chi connectivity index (χ4v) is 3.22. The van der Waals surface area contributed by atoms with Crippen LogP contribution in [0.2, 0.25) is 0 Å². The lowest BCUT2D eigenvalue weighted by Crippen LogP contribution is -2.41. The minimum Gasteiger partial charge on any atom is -0.497 e. The van der Waals surface area contributed by atoms with E-state index in [1.165, 1.54) is 11.9 Å². The summed E-state index contributed by atoms with van der Waals surface area (Å²) in [5, 5.41) is 0. The third kappa shape index (κ3) is 4.83. The van der Waals surface area contributed by atoms with E-state index in [1.54, 1.807) is 38.4 Å². The van der Waals surface area contributed by atoms with Crippen molar-refractivity contribution in [2.24, 2.45) is 0 Å². The van der Waals surface area contributed by atoms with Gasteiger partial charge in [-0.05, 0) is 23.3 Å². The van der Waals surface area contributed by atoms with Crippen LogP contribution >= 0.6 is 0 Å². The molecule has 0 aliphatic rings. The van der Waals surface area contributed by atoms with Gasteiger partial charge >= 0.3 is 0 Å². The van der Waals surface area contributed by atoms with Crippen LogP contribution in [-0.2, 0) is 21.4 Å². The molecule has 26 heavy (non-hydrogen) atoms. The van der Waals surface area contributed by atoms with Gasteiger partial charge in [0, 0.05) is 20.6 Å². The maximum atomic E-state index is 13.1. The minimum absolute atomic E-state index is 0.292. The van der Waals surface area contributed by atoms with Crippen LogP contribution < -0.4 is 4.74 Å². The molecule has 1 amide bonds. The second-order valence-electron chi connectivity index (χ2n) is 6.13. The Kier molecular flexibility index (Phi) is 6.39. The Labute approximate surface area is 155 Å². The Bertz CT molecular complexity index is 836. The van der Waals surface area contributed by atoms with Crippen molar-refractivity contribution in [2.75, 3.05) is 27.5 Å². The number of rotatable bonds is 7. The average Bonchev–Trinajstić information content (AvgIpc) is 2.62. The maximum Gasteiger partial charge on any atom is 0.245 e. The zero-order valence-corrected chi connectivity index (χ0v) is 16.2. The molecule has 0 radical (unpaired) electrons.